The largest absolute Gasteiger partial charge is 0.379 e. The third-order valence-electron chi connectivity index (χ3n) is 6.43. The van der Waals surface area contributed by atoms with Crippen molar-refractivity contribution in [3.63, 3.8) is 0 Å². The van der Waals surface area contributed by atoms with E-state index in [0.29, 0.717) is 49.5 Å². The Balaban J connectivity index is 1.53. The van der Waals surface area contributed by atoms with Gasteiger partial charge in [0.25, 0.3) is 5.91 Å². The summed E-state index contributed by atoms with van der Waals surface area (Å²) in [5, 5.41) is 11.8. The number of hydrogen-bond donors (Lipinski definition) is 1. The molecule has 2 aromatic carbocycles. The van der Waals surface area contributed by atoms with E-state index in [0.717, 1.165) is 18.7 Å². The zero-order valence-electron chi connectivity index (χ0n) is 16.2. The first-order valence-electron chi connectivity index (χ1n) is 10.2. The topological polar surface area (TPSA) is 70.1 Å². The van der Waals surface area contributed by atoms with Gasteiger partial charge in [0.15, 0.2) is 11.4 Å². The molecule has 1 aliphatic carbocycles. The van der Waals surface area contributed by atoms with E-state index in [1.54, 1.807) is 17.0 Å². The maximum Gasteiger partial charge on any atom is 0.265 e. The quantitative estimate of drug-likeness (QED) is 0.865. The molecule has 0 bridgehead atoms. The highest BCUT2D eigenvalue weighted by molar-refractivity contribution is 6.12. The molecule has 2 aliphatic heterocycles. The van der Waals surface area contributed by atoms with Crippen LogP contribution in [0.2, 0.25) is 0 Å². The highest BCUT2D eigenvalue weighted by atomic mass is 16.5. The monoisotopic (exact) mass is 392 g/mol. The molecule has 0 saturated carbocycles. The average Bonchev–Trinajstić information content (AvgIpc) is 2.98. The second-order valence-corrected chi connectivity index (χ2v) is 8.00. The minimum Gasteiger partial charge on any atom is -0.379 e. The third kappa shape index (κ3) is 2.82. The highest BCUT2D eigenvalue weighted by Crippen LogP contribution is 2.48. The summed E-state index contributed by atoms with van der Waals surface area (Å²) in [5.41, 5.74) is 1.01. The van der Waals surface area contributed by atoms with Crippen LogP contribution in [0.3, 0.4) is 0 Å². The maximum absolute atomic E-state index is 13.6. The molecule has 2 aromatic rings. The highest BCUT2D eigenvalue weighted by Gasteiger charge is 2.57. The molecule has 1 fully saturated rings. The number of nitrogens with zero attached hydrogens (tertiary/aromatic N) is 2. The minimum absolute atomic E-state index is 0.147. The number of fused-ring (bicyclic) bond motifs is 2. The van der Waals surface area contributed by atoms with Crippen LogP contribution >= 0.6 is 0 Å². The van der Waals surface area contributed by atoms with Crippen LogP contribution in [-0.2, 0) is 21.6 Å². The first-order chi connectivity index (χ1) is 14.1. The lowest BCUT2D eigenvalue weighted by Crippen LogP contribution is -2.52. The number of hydrogen-bond acceptors (Lipinski definition) is 5. The summed E-state index contributed by atoms with van der Waals surface area (Å²) in [5.74, 6) is -1.32. The van der Waals surface area contributed by atoms with Gasteiger partial charge in [-0.15, -0.1) is 0 Å². The van der Waals surface area contributed by atoms with Crippen molar-refractivity contribution in [2.45, 2.75) is 18.4 Å². The number of carbonyl (C=O) groups is 2. The van der Waals surface area contributed by atoms with E-state index < -0.39 is 17.4 Å². The molecule has 29 heavy (non-hydrogen) atoms. The molecule has 0 radical (unpaired) electrons. The number of morpholine rings is 1. The number of para-hydroxylation sites is 1. The minimum atomic E-state index is -1.83. The van der Waals surface area contributed by atoms with E-state index in [1.807, 2.05) is 36.4 Å². The van der Waals surface area contributed by atoms with Crippen molar-refractivity contribution in [1.29, 1.82) is 0 Å². The lowest BCUT2D eigenvalue weighted by molar-refractivity contribution is -0.141. The number of anilines is 1. The summed E-state index contributed by atoms with van der Waals surface area (Å²) in [6.07, 6.45) is 1.13. The normalized spacial score (nSPS) is 27.1. The lowest BCUT2D eigenvalue weighted by atomic mass is 9.71. The van der Waals surface area contributed by atoms with Gasteiger partial charge in [-0.2, -0.15) is 0 Å². The zero-order valence-corrected chi connectivity index (χ0v) is 16.2. The zero-order chi connectivity index (χ0) is 20.0. The van der Waals surface area contributed by atoms with Gasteiger partial charge in [-0.25, -0.2) is 0 Å². The fourth-order valence-electron chi connectivity index (χ4n) is 4.88. The standard InChI is InChI=1S/C23H24N2O4/c26-21-17-6-2-1-5-16(17)9-10-19(21)23(28)18-7-3-4-8-20(18)25(22(23)27)15-24-11-13-29-14-12-24/h1-8,19,28H,9-15H2/t19-,23-/m1/s1. The van der Waals surface area contributed by atoms with Gasteiger partial charge in [-0.05, 0) is 24.5 Å². The van der Waals surface area contributed by atoms with E-state index in [1.165, 1.54) is 0 Å². The van der Waals surface area contributed by atoms with E-state index in [4.69, 9.17) is 4.74 Å². The number of ketones is 1. The van der Waals surface area contributed by atoms with Gasteiger partial charge in [-0.3, -0.25) is 19.4 Å². The second-order valence-electron chi connectivity index (χ2n) is 8.00. The summed E-state index contributed by atoms with van der Waals surface area (Å²) in [6, 6.07) is 14.8. The Hall–Kier alpha value is -2.54. The fourth-order valence-corrected chi connectivity index (χ4v) is 4.88. The Labute approximate surface area is 169 Å². The molecule has 3 aliphatic rings. The van der Waals surface area contributed by atoms with Crippen molar-refractivity contribution in [3.8, 4) is 0 Å². The molecule has 0 aromatic heterocycles. The van der Waals surface area contributed by atoms with Crippen LogP contribution < -0.4 is 4.90 Å². The number of aliphatic hydroxyl groups is 1. The van der Waals surface area contributed by atoms with Gasteiger partial charge in [0.1, 0.15) is 0 Å². The molecule has 150 valence electrons. The summed E-state index contributed by atoms with van der Waals surface area (Å²) in [4.78, 5) is 30.7. The predicted octanol–water partition coefficient (Wildman–Crippen LogP) is 1.96. The SMILES string of the molecule is O=C1c2ccccc2CC[C@H]1[C@@]1(O)C(=O)N(CN2CCOCC2)c2ccccc21. The fraction of sp³-hybridized carbons (Fsp3) is 0.391. The number of benzene rings is 2. The number of Topliss-reactive ketones (excluding diaryl/α,β-unsaturated/α-hetero) is 1. The Bertz CT molecular complexity index is 969. The number of amides is 1. The molecule has 6 nitrogen and oxygen atoms in total. The summed E-state index contributed by atoms with van der Waals surface area (Å²) < 4.78 is 5.40. The molecule has 1 saturated heterocycles. The maximum atomic E-state index is 13.6. The number of ether oxygens (including phenoxy) is 1. The van der Waals surface area contributed by atoms with Crippen molar-refractivity contribution in [2.75, 3.05) is 37.9 Å². The first-order valence-corrected chi connectivity index (χ1v) is 10.2. The smallest absolute Gasteiger partial charge is 0.265 e. The molecule has 0 spiro atoms. The Morgan fingerprint density at radius 3 is 2.59 bits per heavy atom. The second kappa shape index (κ2) is 7.06. The van der Waals surface area contributed by atoms with Crippen LogP contribution in [0.25, 0.3) is 0 Å². The van der Waals surface area contributed by atoms with Crippen molar-refractivity contribution in [3.05, 3.63) is 65.2 Å². The summed E-state index contributed by atoms with van der Waals surface area (Å²) >= 11 is 0. The van der Waals surface area contributed by atoms with Gasteiger partial charge in [0, 0.05) is 24.2 Å². The Morgan fingerprint density at radius 2 is 1.76 bits per heavy atom. The predicted molar refractivity (Wildman–Crippen MR) is 108 cm³/mol. The number of rotatable bonds is 3. The van der Waals surface area contributed by atoms with Gasteiger partial charge < -0.3 is 9.84 Å². The molecular weight excluding hydrogens is 368 g/mol. The Kier molecular flexibility index (Phi) is 4.50. The van der Waals surface area contributed by atoms with Gasteiger partial charge >= 0.3 is 0 Å². The molecule has 5 rings (SSSR count). The number of carbonyl (C=O) groups excluding carboxylic acids is 2. The van der Waals surface area contributed by atoms with Gasteiger partial charge in [0.2, 0.25) is 0 Å². The average molecular weight is 392 g/mol. The van der Waals surface area contributed by atoms with E-state index >= 15 is 0 Å². The van der Waals surface area contributed by atoms with E-state index in [2.05, 4.69) is 4.90 Å². The molecular formula is C23H24N2O4. The number of aryl methyl sites for hydroxylation is 1. The molecule has 2 atom stereocenters. The first kappa shape index (κ1) is 18.5. The molecule has 1 N–H and O–H groups in total. The summed E-state index contributed by atoms with van der Waals surface area (Å²) in [6.45, 7) is 3.12. The molecule has 6 heteroatoms. The summed E-state index contributed by atoms with van der Waals surface area (Å²) in [7, 11) is 0. The van der Waals surface area contributed by atoms with Gasteiger partial charge in [0.05, 0.1) is 31.5 Å². The van der Waals surface area contributed by atoms with Crippen molar-refractivity contribution >= 4 is 17.4 Å². The van der Waals surface area contributed by atoms with Crippen LogP contribution in [-0.4, -0.2) is 54.7 Å². The lowest BCUT2D eigenvalue weighted by Gasteiger charge is -2.35. The van der Waals surface area contributed by atoms with Crippen LogP contribution in [0.5, 0.6) is 0 Å². The van der Waals surface area contributed by atoms with Crippen LogP contribution in [0.15, 0.2) is 48.5 Å². The molecule has 1 amide bonds. The van der Waals surface area contributed by atoms with Gasteiger partial charge in [-0.1, -0.05) is 42.5 Å². The molecule has 2 heterocycles. The van der Waals surface area contributed by atoms with Crippen molar-refractivity contribution in [2.24, 2.45) is 5.92 Å². The van der Waals surface area contributed by atoms with E-state index in [9.17, 15) is 14.7 Å². The van der Waals surface area contributed by atoms with Crippen molar-refractivity contribution < 1.29 is 19.4 Å². The molecule has 0 unspecified atom stereocenters. The van der Waals surface area contributed by atoms with Crippen LogP contribution in [0.4, 0.5) is 5.69 Å². The van der Waals surface area contributed by atoms with Crippen molar-refractivity contribution in [1.82, 2.24) is 4.90 Å². The van der Waals surface area contributed by atoms with Crippen LogP contribution in [0, 0.1) is 5.92 Å². The third-order valence-corrected chi connectivity index (χ3v) is 6.43. The van der Waals surface area contributed by atoms with Crippen LogP contribution in [0.1, 0.15) is 27.9 Å². The van der Waals surface area contributed by atoms with E-state index in [-0.39, 0.29) is 5.78 Å². The Morgan fingerprint density at radius 1 is 1.03 bits per heavy atom.